The summed E-state index contributed by atoms with van der Waals surface area (Å²) in [4.78, 5) is 35.2. The molecular formula is C14H17NO5. The SMILES string of the molecule is CCOC(=O)C(NC(C)=O)C(=O)c1cccc(OC)c1. The molecule has 6 heteroatoms. The van der Waals surface area contributed by atoms with Crippen molar-refractivity contribution in [1.29, 1.82) is 0 Å². The third-order valence-corrected chi connectivity index (χ3v) is 2.49. The average molecular weight is 279 g/mol. The summed E-state index contributed by atoms with van der Waals surface area (Å²) >= 11 is 0. The van der Waals surface area contributed by atoms with Crippen molar-refractivity contribution in [1.82, 2.24) is 5.32 Å². The number of Topliss-reactive ketones (excluding diaryl/α,β-unsaturated/α-hetero) is 1. The summed E-state index contributed by atoms with van der Waals surface area (Å²) in [5, 5.41) is 2.30. The summed E-state index contributed by atoms with van der Waals surface area (Å²) in [5.41, 5.74) is 0.260. The third-order valence-electron chi connectivity index (χ3n) is 2.49. The summed E-state index contributed by atoms with van der Waals surface area (Å²) in [6.45, 7) is 2.98. The molecule has 6 nitrogen and oxygen atoms in total. The van der Waals surface area contributed by atoms with Gasteiger partial charge in [-0.1, -0.05) is 12.1 Å². The summed E-state index contributed by atoms with van der Waals surface area (Å²) in [7, 11) is 1.47. The molecule has 1 amide bonds. The largest absolute Gasteiger partial charge is 0.497 e. The van der Waals surface area contributed by atoms with Gasteiger partial charge in [0.15, 0.2) is 11.8 Å². The summed E-state index contributed by atoms with van der Waals surface area (Å²) in [6.07, 6.45) is 0. The Morgan fingerprint density at radius 1 is 1.30 bits per heavy atom. The second kappa shape index (κ2) is 7.28. The van der Waals surface area contributed by atoms with Gasteiger partial charge in [-0.2, -0.15) is 0 Å². The smallest absolute Gasteiger partial charge is 0.336 e. The normalized spacial score (nSPS) is 11.3. The minimum Gasteiger partial charge on any atom is -0.497 e. The van der Waals surface area contributed by atoms with Crippen LogP contribution in [0.1, 0.15) is 24.2 Å². The Labute approximate surface area is 117 Å². The van der Waals surface area contributed by atoms with Crippen LogP contribution in [0.4, 0.5) is 0 Å². The number of amides is 1. The molecule has 108 valence electrons. The van der Waals surface area contributed by atoms with Crippen molar-refractivity contribution in [2.45, 2.75) is 19.9 Å². The fourth-order valence-electron chi connectivity index (χ4n) is 1.60. The predicted octanol–water partition coefficient (Wildman–Crippen LogP) is 0.946. The molecule has 0 saturated heterocycles. The Balaban J connectivity index is 3.02. The van der Waals surface area contributed by atoms with Crippen LogP contribution in [-0.4, -0.2) is 37.4 Å². The first kappa shape index (κ1) is 15.7. The van der Waals surface area contributed by atoms with Crippen LogP contribution < -0.4 is 10.1 Å². The molecule has 0 bridgehead atoms. The number of ether oxygens (including phenoxy) is 2. The summed E-state index contributed by atoms with van der Waals surface area (Å²) < 4.78 is 9.82. The highest BCUT2D eigenvalue weighted by Gasteiger charge is 2.29. The van der Waals surface area contributed by atoms with Gasteiger partial charge in [0, 0.05) is 12.5 Å². The van der Waals surface area contributed by atoms with E-state index in [1.54, 1.807) is 25.1 Å². The van der Waals surface area contributed by atoms with Gasteiger partial charge >= 0.3 is 5.97 Å². The minimum absolute atomic E-state index is 0.125. The van der Waals surface area contributed by atoms with Crippen LogP contribution in [-0.2, 0) is 14.3 Å². The molecular weight excluding hydrogens is 262 g/mol. The maximum Gasteiger partial charge on any atom is 0.336 e. The quantitative estimate of drug-likeness (QED) is 0.476. The molecule has 1 aromatic carbocycles. The van der Waals surface area contributed by atoms with Crippen molar-refractivity contribution >= 4 is 17.7 Å². The van der Waals surface area contributed by atoms with Crippen LogP contribution in [0.5, 0.6) is 5.75 Å². The Bertz CT molecular complexity index is 512. The predicted molar refractivity (Wildman–Crippen MR) is 71.6 cm³/mol. The Kier molecular flexibility index (Phi) is 5.71. The minimum atomic E-state index is -1.35. The van der Waals surface area contributed by atoms with E-state index in [1.165, 1.54) is 20.1 Å². The second-order valence-corrected chi connectivity index (χ2v) is 3.98. The van der Waals surface area contributed by atoms with E-state index in [0.717, 1.165) is 0 Å². The van der Waals surface area contributed by atoms with E-state index in [9.17, 15) is 14.4 Å². The van der Waals surface area contributed by atoms with Crippen molar-refractivity contribution in [2.24, 2.45) is 0 Å². The van der Waals surface area contributed by atoms with Gasteiger partial charge in [-0.25, -0.2) is 4.79 Å². The molecule has 0 aromatic heterocycles. The van der Waals surface area contributed by atoms with Gasteiger partial charge in [-0.3, -0.25) is 9.59 Å². The number of nitrogens with one attached hydrogen (secondary N) is 1. The van der Waals surface area contributed by atoms with Crippen LogP contribution >= 0.6 is 0 Å². The maximum absolute atomic E-state index is 12.3. The van der Waals surface area contributed by atoms with Crippen molar-refractivity contribution < 1.29 is 23.9 Å². The van der Waals surface area contributed by atoms with Gasteiger partial charge in [0.1, 0.15) is 5.75 Å². The monoisotopic (exact) mass is 279 g/mol. The molecule has 0 aliphatic heterocycles. The fraction of sp³-hybridized carbons (Fsp3) is 0.357. The number of benzene rings is 1. The lowest BCUT2D eigenvalue weighted by atomic mass is 10.0. The zero-order valence-corrected chi connectivity index (χ0v) is 11.6. The van der Waals surface area contributed by atoms with Crippen molar-refractivity contribution in [3.05, 3.63) is 29.8 Å². The number of rotatable bonds is 6. The standard InChI is InChI=1S/C14H17NO5/c1-4-20-14(18)12(15-9(2)16)13(17)10-6-5-7-11(8-10)19-3/h5-8,12H,4H2,1-3H3,(H,15,16). The highest BCUT2D eigenvalue weighted by Crippen LogP contribution is 2.14. The van der Waals surface area contributed by atoms with Gasteiger partial charge in [0.25, 0.3) is 0 Å². The van der Waals surface area contributed by atoms with Gasteiger partial charge in [0.05, 0.1) is 13.7 Å². The lowest BCUT2D eigenvalue weighted by Crippen LogP contribution is -2.46. The van der Waals surface area contributed by atoms with Gasteiger partial charge in [0.2, 0.25) is 5.91 Å². The molecule has 0 heterocycles. The molecule has 1 aromatic rings. The lowest BCUT2D eigenvalue weighted by Gasteiger charge is -2.15. The Hall–Kier alpha value is -2.37. The van der Waals surface area contributed by atoms with Crippen molar-refractivity contribution in [2.75, 3.05) is 13.7 Å². The molecule has 0 aliphatic rings. The van der Waals surface area contributed by atoms with E-state index in [2.05, 4.69) is 5.32 Å². The van der Waals surface area contributed by atoms with Crippen LogP contribution in [0.15, 0.2) is 24.3 Å². The molecule has 0 radical (unpaired) electrons. The Morgan fingerprint density at radius 2 is 2.00 bits per heavy atom. The molecule has 1 rings (SSSR count). The second-order valence-electron chi connectivity index (χ2n) is 3.98. The van der Waals surface area contributed by atoms with E-state index in [4.69, 9.17) is 9.47 Å². The first-order valence-electron chi connectivity index (χ1n) is 6.11. The molecule has 0 aliphatic carbocycles. The molecule has 1 N–H and O–H groups in total. The fourth-order valence-corrected chi connectivity index (χ4v) is 1.60. The number of hydrogen-bond donors (Lipinski definition) is 1. The van der Waals surface area contributed by atoms with Crippen LogP contribution in [0.3, 0.4) is 0 Å². The van der Waals surface area contributed by atoms with Crippen LogP contribution in [0, 0.1) is 0 Å². The zero-order valence-electron chi connectivity index (χ0n) is 11.6. The number of ketones is 1. The van der Waals surface area contributed by atoms with E-state index in [0.29, 0.717) is 5.75 Å². The van der Waals surface area contributed by atoms with Crippen LogP contribution in [0.25, 0.3) is 0 Å². The summed E-state index contributed by atoms with van der Waals surface area (Å²) in [6, 6.07) is 4.99. The highest BCUT2D eigenvalue weighted by molar-refractivity contribution is 6.13. The van der Waals surface area contributed by atoms with Gasteiger partial charge in [-0.15, -0.1) is 0 Å². The van der Waals surface area contributed by atoms with E-state index in [-0.39, 0.29) is 12.2 Å². The lowest BCUT2D eigenvalue weighted by molar-refractivity contribution is -0.145. The number of carbonyl (C=O) groups is 3. The highest BCUT2D eigenvalue weighted by atomic mass is 16.5. The van der Waals surface area contributed by atoms with Crippen molar-refractivity contribution in [3.63, 3.8) is 0 Å². The van der Waals surface area contributed by atoms with Gasteiger partial charge < -0.3 is 14.8 Å². The first-order valence-corrected chi connectivity index (χ1v) is 6.11. The number of hydrogen-bond acceptors (Lipinski definition) is 5. The number of esters is 1. The molecule has 0 spiro atoms. The first-order chi connectivity index (χ1) is 9.49. The number of methoxy groups -OCH3 is 1. The average Bonchev–Trinajstić information content (AvgIpc) is 2.44. The van der Waals surface area contributed by atoms with E-state index in [1.807, 2.05) is 0 Å². The maximum atomic E-state index is 12.3. The molecule has 20 heavy (non-hydrogen) atoms. The summed E-state index contributed by atoms with van der Waals surface area (Å²) in [5.74, 6) is -1.33. The zero-order chi connectivity index (χ0) is 15.1. The molecule has 0 fully saturated rings. The van der Waals surface area contributed by atoms with Gasteiger partial charge in [-0.05, 0) is 19.1 Å². The topological polar surface area (TPSA) is 81.7 Å². The Morgan fingerprint density at radius 3 is 2.55 bits per heavy atom. The van der Waals surface area contributed by atoms with E-state index < -0.39 is 23.7 Å². The van der Waals surface area contributed by atoms with E-state index >= 15 is 0 Å². The molecule has 0 saturated carbocycles. The third kappa shape index (κ3) is 4.08. The van der Waals surface area contributed by atoms with Crippen LogP contribution in [0.2, 0.25) is 0 Å². The number of carbonyl (C=O) groups excluding carboxylic acids is 3. The molecule has 1 unspecified atom stereocenters. The van der Waals surface area contributed by atoms with Crippen molar-refractivity contribution in [3.8, 4) is 5.75 Å². The molecule has 1 atom stereocenters.